The molecule has 1 aromatic rings. The van der Waals surface area contributed by atoms with Crippen molar-refractivity contribution < 1.29 is 13.9 Å². The molecule has 0 aromatic carbocycles. The molecule has 1 amide bonds. The molecule has 0 spiro atoms. The first kappa shape index (κ1) is 16.3. The molecular formula is C16H23FN4O2. The Morgan fingerprint density at radius 2 is 2.35 bits per heavy atom. The zero-order valence-electron chi connectivity index (χ0n) is 13.5. The SMILES string of the molecule is CC[C@@H]1COCCN1C1NC(c2ccncc2F)CC(=O)N1C. The van der Waals surface area contributed by atoms with Crippen molar-refractivity contribution in [2.24, 2.45) is 0 Å². The minimum Gasteiger partial charge on any atom is -0.378 e. The molecule has 2 fully saturated rings. The van der Waals surface area contributed by atoms with Crippen LogP contribution in [0, 0.1) is 5.82 Å². The van der Waals surface area contributed by atoms with Crippen LogP contribution in [-0.2, 0) is 9.53 Å². The van der Waals surface area contributed by atoms with E-state index in [1.54, 1.807) is 24.2 Å². The molecule has 7 heteroatoms. The Labute approximate surface area is 135 Å². The van der Waals surface area contributed by atoms with E-state index in [0.29, 0.717) is 18.8 Å². The third-order valence-corrected chi connectivity index (χ3v) is 4.73. The van der Waals surface area contributed by atoms with Gasteiger partial charge in [0.2, 0.25) is 5.91 Å². The lowest BCUT2D eigenvalue weighted by molar-refractivity contribution is -0.150. The van der Waals surface area contributed by atoms with Crippen LogP contribution in [0.15, 0.2) is 18.5 Å². The highest BCUT2D eigenvalue weighted by molar-refractivity contribution is 5.78. The van der Waals surface area contributed by atoms with Crippen LogP contribution in [-0.4, -0.2) is 59.8 Å². The maximum absolute atomic E-state index is 14.0. The van der Waals surface area contributed by atoms with Gasteiger partial charge in [-0.25, -0.2) is 4.39 Å². The number of nitrogens with one attached hydrogen (secondary N) is 1. The van der Waals surface area contributed by atoms with Crippen LogP contribution >= 0.6 is 0 Å². The smallest absolute Gasteiger partial charge is 0.226 e. The largest absolute Gasteiger partial charge is 0.378 e. The number of hydrogen-bond donors (Lipinski definition) is 1. The third-order valence-electron chi connectivity index (χ3n) is 4.73. The van der Waals surface area contributed by atoms with Crippen LogP contribution in [0.4, 0.5) is 4.39 Å². The van der Waals surface area contributed by atoms with Gasteiger partial charge in [0, 0.05) is 43.9 Å². The molecule has 3 heterocycles. The lowest BCUT2D eigenvalue weighted by Gasteiger charge is -2.48. The fraction of sp³-hybridized carbons (Fsp3) is 0.625. The quantitative estimate of drug-likeness (QED) is 0.903. The number of morpholine rings is 1. The second-order valence-corrected chi connectivity index (χ2v) is 6.07. The Bertz CT molecular complexity index is 571. The predicted molar refractivity (Wildman–Crippen MR) is 82.9 cm³/mol. The molecule has 2 aliphatic heterocycles. The van der Waals surface area contributed by atoms with Crippen molar-refractivity contribution in [1.82, 2.24) is 20.1 Å². The second-order valence-electron chi connectivity index (χ2n) is 6.07. The molecule has 126 valence electrons. The van der Waals surface area contributed by atoms with Gasteiger partial charge in [0.15, 0.2) is 0 Å². The van der Waals surface area contributed by atoms with Crippen molar-refractivity contribution in [3.63, 3.8) is 0 Å². The standard InChI is InChI=1S/C16H23FN4O2/c1-3-11-10-23-7-6-21(11)16-19-14(8-15(22)20(16)2)12-4-5-18-9-13(12)17/h4-5,9,11,14,16,19H,3,6-8,10H2,1-2H3/t11-,14?,16?/m1/s1. The van der Waals surface area contributed by atoms with Gasteiger partial charge >= 0.3 is 0 Å². The van der Waals surface area contributed by atoms with Crippen molar-refractivity contribution in [3.05, 3.63) is 29.8 Å². The van der Waals surface area contributed by atoms with E-state index in [1.165, 1.54) is 6.20 Å². The molecule has 3 atom stereocenters. The zero-order valence-corrected chi connectivity index (χ0v) is 13.5. The van der Waals surface area contributed by atoms with Gasteiger partial charge in [0.05, 0.1) is 19.4 Å². The predicted octanol–water partition coefficient (Wildman–Crippen LogP) is 1.11. The monoisotopic (exact) mass is 322 g/mol. The van der Waals surface area contributed by atoms with E-state index < -0.39 is 0 Å². The summed E-state index contributed by atoms with van der Waals surface area (Å²) < 4.78 is 19.6. The Morgan fingerprint density at radius 3 is 3.09 bits per heavy atom. The molecule has 6 nitrogen and oxygen atoms in total. The van der Waals surface area contributed by atoms with Crippen LogP contribution in [0.2, 0.25) is 0 Å². The van der Waals surface area contributed by atoms with Gasteiger partial charge in [0.25, 0.3) is 0 Å². The number of amides is 1. The topological polar surface area (TPSA) is 57.7 Å². The number of ether oxygens (including phenoxy) is 1. The van der Waals surface area contributed by atoms with E-state index >= 15 is 0 Å². The number of nitrogens with zero attached hydrogens (tertiary/aromatic N) is 3. The van der Waals surface area contributed by atoms with Crippen molar-refractivity contribution in [2.45, 2.75) is 38.1 Å². The molecule has 2 unspecified atom stereocenters. The van der Waals surface area contributed by atoms with Crippen LogP contribution in [0.3, 0.4) is 0 Å². The van der Waals surface area contributed by atoms with E-state index in [-0.39, 0.29) is 36.5 Å². The molecule has 0 aliphatic carbocycles. The average molecular weight is 322 g/mol. The summed E-state index contributed by atoms with van der Waals surface area (Å²) in [4.78, 5) is 20.2. The van der Waals surface area contributed by atoms with Gasteiger partial charge in [0.1, 0.15) is 12.1 Å². The first-order valence-electron chi connectivity index (χ1n) is 8.06. The number of halogens is 1. The number of carbonyl (C=O) groups is 1. The van der Waals surface area contributed by atoms with Crippen molar-refractivity contribution in [1.29, 1.82) is 0 Å². The normalized spacial score (nSPS) is 29.8. The van der Waals surface area contributed by atoms with Crippen LogP contribution in [0.1, 0.15) is 31.4 Å². The fourth-order valence-corrected chi connectivity index (χ4v) is 3.33. The third kappa shape index (κ3) is 3.22. The number of hydrogen-bond acceptors (Lipinski definition) is 5. The van der Waals surface area contributed by atoms with E-state index in [4.69, 9.17) is 4.74 Å². The van der Waals surface area contributed by atoms with Crippen LogP contribution < -0.4 is 5.32 Å². The molecule has 23 heavy (non-hydrogen) atoms. The van der Waals surface area contributed by atoms with E-state index in [1.807, 2.05) is 0 Å². The summed E-state index contributed by atoms with van der Waals surface area (Å²) in [6.07, 6.45) is 3.69. The molecule has 2 aliphatic rings. The van der Waals surface area contributed by atoms with E-state index in [0.717, 1.165) is 13.0 Å². The first-order chi connectivity index (χ1) is 11.1. The Balaban J connectivity index is 1.84. The summed E-state index contributed by atoms with van der Waals surface area (Å²) in [5, 5.41) is 3.43. The summed E-state index contributed by atoms with van der Waals surface area (Å²) >= 11 is 0. The highest BCUT2D eigenvalue weighted by Gasteiger charge is 2.39. The molecule has 2 saturated heterocycles. The number of rotatable bonds is 3. The fourth-order valence-electron chi connectivity index (χ4n) is 3.33. The maximum atomic E-state index is 14.0. The summed E-state index contributed by atoms with van der Waals surface area (Å²) in [6.45, 7) is 4.16. The van der Waals surface area contributed by atoms with Crippen LogP contribution in [0.5, 0.6) is 0 Å². The summed E-state index contributed by atoms with van der Waals surface area (Å²) in [6, 6.07) is 1.55. The average Bonchev–Trinajstić information content (AvgIpc) is 2.58. The zero-order chi connectivity index (χ0) is 16.4. The Morgan fingerprint density at radius 1 is 1.52 bits per heavy atom. The number of aromatic nitrogens is 1. The summed E-state index contributed by atoms with van der Waals surface area (Å²) in [5.74, 6) is -0.369. The molecule has 0 saturated carbocycles. The van der Waals surface area contributed by atoms with Gasteiger partial charge < -0.3 is 9.64 Å². The summed E-state index contributed by atoms with van der Waals surface area (Å²) in [7, 11) is 1.79. The molecule has 0 radical (unpaired) electrons. The minimum absolute atomic E-state index is 0.0105. The molecule has 0 bridgehead atoms. The van der Waals surface area contributed by atoms with E-state index in [9.17, 15) is 9.18 Å². The van der Waals surface area contributed by atoms with Gasteiger partial charge in [-0.3, -0.25) is 20.0 Å². The molecule has 1 aromatic heterocycles. The Hall–Kier alpha value is -1.57. The highest BCUT2D eigenvalue weighted by Crippen LogP contribution is 2.27. The highest BCUT2D eigenvalue weighted by atomic mass is 19.1. The second kappa shape index (κ2) is 6.90. The molecule has 3 rings (SSSR count). The molecule has 1 N–H and O–H groups in total. The van der Waals surface area contributed by atoms with Gasteiger partial charge in [-0.1, -0.05) is 6.92 Å². The number of carbonyl (C=O) groups excluding carboxylic acids is 1. The summed E-state index contributed by atoms with van der Waals surface area (Å²) in [5.41, 5.74) is 0.493. The van der Waals surface area contributed by atoms with Crippen molar-refractivity contribution in [3.8, 4) is 0 Å². The van der Waals surface area contributed by atoms with Crippen molar-refractivity contribution >= 4 is 5.91 Å². The first-order valence-corrected chi connectivity index (χ1v) is 8.06. The molecular weight excluding hydrogens is 299 g/mol. The number of pyridine rings is 1. The van der Waals surface area contributed by atoms with Crippen molar-refractivity contribution in [2.75, 3.05) is 26.8 Å². The van der Waals surface area contributed by atoms with E-state index in [2.05, 4.69) is 22.1 Å². The lowest BCUT2D eigenvalue weighted by atomic mass is 10.0. The minimum atomic E-state index is -0.380. The lowest BCUT2D eigenvalue weighted by Crippen LogP contribution is -2.66. The van der Waals surface area contributed by atoms with Gasteiger partial charge in [-0.2, -0.15) is 0 Å². The van der Waals surface area contributed by atoms with Crippen LogP contribution in [0.25, 0.3) is 0 Å². The van der Waals surface area contributed by atoms with Gasteiger partial charge in [-0.05, 0) is 12.5 Å². The Kier molecular flexibility index (Phi) is 4.89. The van der Waals surface area contributed by atoms with Gasteiger partial charge in [-0.15, -0.1) is 0 Å². The maximum Gasteiger partial charge on any atom is 0.226 e.